The smallest absolute Gasteiger partial charge is 0.323 e. The van der Waals surface area contributed by atoms with E-state index in [1.807, 2.05) is 31.2 Å². The quantitative estimate of drug-likeness (QED) is 0.361. The molecule has 174 valence electrons. The Morgan fingerprint density at radius 3 is 2.82 bits per heavy atom. The minimum absolute atomic E-state index is 0.0383. The fraction of sp³-hybridized carbons (Fsp3) is 0.227. The van der Waals surface area contributed by atoms with Crippen LogP contribution in [0.1, 0.15) is 18.8 Å². The number of aromatic amines is 2. The third-order valence-electron chi connectivity index (χ3n) is 5.51. The van der Waals surface area contributed by atoms with Crippen LogP contribution >= 0.6 is 11.8 Å². The van der Waals surface area contributed by atoms with Crippen LogP contribution in [0.5, 0.6) is 5.75 Å². The maximum Gasteiger partial charge on any atom is 0.323 e. The van der Waals surface area contributed by atoms with Gasteiger partial charge in [-0.15, -0.1) is 10.2 Å². The summed E-state index contributed by atoms with van der Waals surface area (Å²) in [5.74, 6) is 0.959. The van der Waals surface area contributed by atoms with E-state index in [0.29, 0.717) is 39.1 Å². The van der Waals surface area contributed by atoms with E-state index in [2.05, 4.69) is 25.5 Å². The number of ether oxygens (including phenoxy) is 1. The Morgan fingerprint density at radius 2 is 1.97 bits per heavy atom. The van der Waals surface area contributed by atoms with Gasteiger partial charge in [-0.05, 0) is 37.3 Å². The monoisotopic (exact) mass is 479 g/mol. The Balaban J connectivity index is 1.27. The lowest BCUT2D eigenvalue weighted by atomic mass is 10.1. The molecule has 12 heteroatoms. The molecule has 0 unspecified atom stereocenters. The lowest BCUT2D eigenvalue weighted by molar-refractivity contribution is -0.121. The van der Waals surface area contributed by atoms with Crippen molar-refractivity contribution in [3.8, 4) is 5.75 Å². The van der Waals surface area contributed by atoms with Crippen molar-refractivity contribution in [3.63, 3.8) is 0 Å². The summed E-state index contributed by atoms with van der Waals surface area (Å²) in [6.07, 6.45) is 0. The van der Waals surface area contributed by atoms with Gasteiger partial charge in [-0.2, -0.15) is 0 Å². The number of anilines is 2. The molecule has 11 nitrogen and oxygen atoms in total. The summed E-state index contributed by atoms with van der Waals surface area (Å²) >= 11 is 1.24. The first kappa shape index (κ1) is 21.8. The second-order valence-electron chi connectivity index (χ2n) is 7.77. The van der Waals surface area contributed by atoms with E-state index in [1.54, 1.807) is 34.7 Å². The zero-order chi connectivity index (χ0) is 23.8. The molecule has 2 amide bonds. The molecule has 1 atom stereocenters. The lowest BCUT2D eigenvalue weighted by Crippen LogP contribution is -2.41. The topological polar surface area (TPSA) is 138 Å². The summed E-state index contributed by atoms with van der Waals surface area (Å²) in [7, 11) is 1.80. The van der Waals surface area contributed by atoms with Gasteiger partial charge in [0.25, 0.3) is 5.91 Å². The minimum atomic E-state index is -0.381. The number of nitrogens with zero attached hydrogens (tertiary/aromatic N) is 4. The standard InChI is InChI=1S/C22H21N7O4S/c1-12(29-16-5-3-4-6-17(16)33-10-19(29)31)20-26-27-22(28(20)2)34-11-18(30)23-13-7-8-14-15(9-13)25-21(32)24-14/h3-9,12H,10-11H2,1-2H3,(H,23,30)(H2,24,25,32)/t12-/m1/s1. The first-order valence-corrected chi connectivity index (χ1v) is 11.5. The summed E-state index contributed by atoms with van der Waals surface area (Å²) < 4.78 is 7.31. The molecule has 0 fully saturated rings. The van der Waals surface area contributed by atoms with Gasteiger partial charge in [-0.1, -0.05) is 23.9 Å². The average molecular weight is 480 g/mol. The van der Waals surface area contributed by atoms with Crippen molar-refractivity contribution < 1.29 is 14.3 Å². The fourth-order valence-corrected chi connectivity index (χ4v) is 4.63. The molecule has 5 rings (SSSR count). The highest BCUT2D eigenvalue weighted by molar-refractivity contribution is 7.99. The molecule has 1 aliphatic heterocycles. The number of imidazole rings is 1. The fourth-order valence-electron chi connectivity index (χ4n) is 3.91. The average Bonchev–Trinajstić information content (AvgIpc) is 3.38. The molecule has 34 heavy (non-hydrogen) atoms. The van der Waals surface area contributed by atoms with E-state index in [0.717, 1.165) is 0 Å². The van der Waals surface area contributed by atoms with E-state index in [4.69, 9.17) is 4.74 Å². The van der Waals surface area contributed by atoms with Gasteiger partial charge >= 0.3 is 5.69 Å². The summed E-state index contributed by atoms with van der Waals surface area (Å²) in [5.41, 5.74) is 2.23. The Labute approximate surface area is 197 Å². The highest BCUT2D eigenvalue weighted by atomic mass is 32.2. The lowest BCUT2D eigenvalue weighted by Gasteiger charge is -2.33. The molecular weight excluding hydrogens is 458 g/mol. The van der Waals surface area contributed by atoms with Crippen molar-refractivity contribution in [2.45, 2.75) is 18.1 Å². The summed E-state index contributed by atoms with van der Waals surface area (Å²) in [6.45, 7) is 1.84. The zero-order valence-electron chi connectivity index (χ0n) is 18.4. The number of carbonyl (C=O) groups excluding carboxylic acids is 2. The molecule has 0 radical (unpaired) electrons. The number of H-pyrrole nitrogens is 2. The Morgan fingerprint density at radius 1 is 1.18 bits per heavy atom. The van der Waals surface area contributed by atoms with Gasteiger partial charge in [0.05, 0.1) is 28.5 Å². The number of para-hydroxylation sites is 2. The number of fused-ring (bicyclic) bond motifs is 2. The molecule has 4 aromatic rings. The Hall–Kier alpha value is -4.06. The molecule has 3 heterocycles. The molecule has 0 bridgehead atoms. The van der Waals surface area contributed by atoms with Crippen molar-refractivity contribution in [2.75, 3.05) is 22.6 Å². The van der Waals surface area contributed by atoms with Crippen molar-refractivity contribution >= 4 is 46.0 Å². The molecule has 0 saturated heterocycles. The van der Waals surface area contributed by atoms with Crippen molar-refractivity contribution in [1.29, 1.82) is 0 Å². The predicted molar refractivity (Wildman–Crippen MR) is 127 cm³/mol. The van der Waals surface area contributed by atoms with E-state index < -0.39 is 0 Å². The van der Waals surface area contributed by atoms with Gasteiger partial charge in [-0.3, -0.25) is 14.5 Å². The van der Waals surface area contributed by atoms with Crippen LogP contribution in [0.15, 0.2) is 52.4 Å². The number of rotatable bonds is 6. The van der Waals surface area contributed by atoms with Crippen LogP contribution in [0.25, 0.3) is 11.0 Å². The van der Waals surface area contributed by atoms with Crippen LogP contribution in [0, 0.1) is 0 Å². The van der Waals surface area contributed by atoms with Crippen LogP contribution < -0.4 is 20.6 Å². The van der Waals surface area contributed by atoms with Gasteiger partial charge in [0, 0.05) is 12.7 Å². The molecule has 0 spiro atoms. The maximum absolute atomic E-state index is 12.6. The van der Waals surface area contributed by atoms with E-state index in [1.165, 1.54) is 11.8 Å². The number of carbonyl (C=O) groups is 2. The molecule has 1 aliphatic rings. The van der Waals surface area contributed by atoms with E-state index in [9.17, 15) is 14.4 Å². The second kappa shape index (κ2) is 8.71. The van der Waals surface area contributed by atoms with E-state index >= 15 is 0 Å². The Bertz CT molecular complexity index is 1460. The van der Waals surface area contributed by atoms with Crippen LogP contribution in [-0.2, 0) is 16.6 Å². The van der Waals surface area contributed by atoms with Crippen molar-refractivity contribution in [3.05, 3.63) is 58.8 Å². The highest BCUT2D eigenvalue weighted by Gasteiger charge is 2.32. The highest BCUT2D eigenvalue weighted by Crippen LogP contribution is 2.37. The second-order valence-corrected chi connectivity index (χ2v) is 8.71. The van der Waals surface area contributed by atoms with Crippen molar-refractivity contribution in [1.82, 2.24) is 24.7 Å². The molecular formula is C22H21N7O4S. The molecule has 2 aromatic carbocycles. The third-order valence-corrected chi connectivity index (χ3v) is 6.53. The number of hydrogen-bond donors (Lipinski definition) is 3. The van der Waals surface area contributed by atoms with Gasteiger partial charge < -0.3 is 24.6 Å². The number of thioether (sulfide) groups is 1. The van der Waals surface area contributed by atoms with Crippen LogP contribution in [0.4, 0.5) is 11.4 Å². The first-order valence-electron chi connectivity index (χ1n) is 10.5. The number of aromatic nitrogens is 5. The third kappa shape index (κ3) is 4.03. The first-order chi connectivity index (χ1) is 16.4. The van der Waals surface area contributed by atoms with Gasteiger partial charge in [0.1, 0.15) is 5.75 Å². The zero-order valence-corrected chi connectivity index (χ0v) is 19.2. The summed E-state index contributed by atoms with van der Waals surface area (Å²) in [5, 5.41) is 11.9. The largest absolute Gasteiger partial charge is 0.482 e. The SMILES string of the molecule is C[C@H](c1nnc(SCC(=O)Nc2ccc3[nH]c(=O)[nH]c3c2)n1C)N1C(=O)COc2ccccc21. The number of hydrogen-bond acceptors (Lipinski definition) is 7. The van der Waals surface area contributed by atoms with Gasteiger partial charge in [-0.25, -0.2) is 4.79 Å². The molecule has 0 saturated carbocycles. The molecule has 3 N–H and O–H groups in total. The van der Waals surface area contributed by atoms with Crippen LogP contribution in [0.2, 0.25) is 0 Å². The minimum Gasteiger partial charge on any atom is -0.482 e. The van der Waals surface area contributed by atoms with Gasteiger partial charge in [0.15, 0.2) is 17.6 Å². The normalized spacial score (nSPS) is 14.1. The van der Waals surface area contributed by atoms with Crippen LogP contribution in [-0.4, -0.2) is 48.9 Å². The predicted octanol–water partition coefficient (Wildman–Crippen LogP) is 2.20. The molecule has 2 aromatic heterocycles. The van der Waals surface area contributed by atoms with E-state index in [-0.39, 0.29) is 35.9 Å². The number of benzene rings is 2. The summed E-state index contributed by atoms with van der Waals surface area (Å²) in [6, 6.07) is 12.1. The number of nitrogens with one attached hydrogen (secondary N) is 3. The summed E-state index contributed by atoms with van der Waals surface area (Å²) in [4.78, 5) is 43.5. The van der Waals surface area contributed by atoms with Crippen LogP contribution in [0.3, 0.4) is 0 Å². The number of amides is 2. The van der Waals surface area contributed by atoms with Gasteiger partial charge in [0.2, 0.25) is 5.91 Å². The van der Waals surface area contributed by atoms with Crippen molar-refractivity contribution in [2.24, 2.45) is 7.05 Å². The molecule has 0 aliphatic carbocycles. The maximum atomic E-state index is 12.6. The Kier molecular flexibility index (Phi) is 5.57.